The summed E-state index contributed by atoms with van der Waals surface area (Å²) in [5.74, 6) is -0.864. The maximum Gasteiger partial charge on any atom is 0.258 e. The van der Waals surface area contributed by atoms with E-state index < -0.39 is 33.4 Å². The number of anilines is 2. The van der Waals surface area contributed by atoms with E-state index in [1.54, 1.807) is 0 Å². The summed E-state index contributed by atoms with van der Waals surface area (Å²) in [5, 5.41) is 2.97. The van der Waals surface area contributed by atoms with Crippen molar-refractivity contribution in [3.05, 3.63) is 48.3 Å². The van der Waals surface area contributed by atoms with Crippen molar-refractivity contribution < 1.29 is 22.5 Å². The molecule has 0 saturated carbocycles. The highest BCUT2D eigenvalue weighted by Crippen LogP contribution is 2.34. The summed E-state index contributed by atoms with van der Waals surface area (Å²) in [5.41, 5.74) is 5.97. The van der Waals surface area contributed by atoms with Gasteiger partial charge in [0.1, 0.15) is 29.5 Å². The van der Waals surface area contributed by atoms with Crippen LogP contribution in [0.5, 0.6) is 5.75 Å². The van der Waals surface area contributed by atoms with Gasteiger partial charge in [0.15, 0.2) is 6.10 Å². The SMILES string of the molecule is C[C@@H](Oc1cc(F)ccc1Nc1ncnc2cc(N=S3(=O)CCC3)cc(F)c12)C(N)=O. The molecule has 0 unspecified atom stereocenters. The summed E-state index contributed by atoms with van der Waals surface area (Å²) >= 11 is 0. The second-order valence-corrected chi connectivity index (χ2v) is 9.64. The molecule has 11 heteroatoms. The Labute approximate surface area is 177 Å². The number of primary amides is 1. The summed E-state index contributed by atoms with van der Waals surface area (Å²) in [6.45, 7) is 1.43. The maximum absolute atomic E-state index is 15.0. The third-order valence-corrected chi connectivity index (χ3v) is 7.17. The Morgan fingerprint density at radius 3 is 2.71 bits per heavy atom. The molecule has 31 heavy (non-hydrogen) atoms. The molecule has 0 aliphatic carbocycles. The molecule has 1 fully saturated rings. The second-order valence-electron chi connectivity index (χ2n) is 7.10. The van der Waals surface area contributed by atoms with Gasteiger partial charge < -0.3 is 15.8 Å². The summed E-state index contributed by atoms with van der Waals surface area (Å²) in [6.07, 6.45) is 1.05. The summed E-state index contributed by atoms with van der Waals surface area (Å²) in [6, 6.07) is 6.34. The topological polar surface area (TPSA) is 120 Å². The fourth-order valence-electron chi connectivity index (χ4n) is 3.02. The Bertz CT molecular complexity index is 1300. The van der Waals surface area contributed by atoms with Gasteiger partial charge in [0.2, 0.25) is 0 Å². The third kappa shape index (κ3) is 4.41. The molecule has 1 aromatic heterocycles. The number of hydrogen-bond donors (Lipinski definition) is 2. The number of fused-ring (bicyclic) bond motifs is 1. The van der Waals surface area contributed by atoms with E-state index in [9.17, 15) is 17.8 Å². The van der Waals surface area contributed by atoms with Gasteiger partial charge in [-0.1, -0.05) is 0 Å². The molecule has 1 aliphatic heterocycles. The zero-order valence-electron chi connectivity index (χ0n) is 16.5. The van der Waals surface area contributed by atoms with E-state index in [0.717, 1.165) is 12.5 Å². The molecular formula is C20H19F2N5O3S. The number of hydrogen-bond acceptors (Lipinski definition) is 7. The average Bonchev–Trinajstić information content (AvgIpc) is 2.68. The van der Waals surface area contributed by atoms with Gasteiger partial charge in [-0.25, -0.2) is 23.0 Å². The summed E-state index contributed by atoms with van der Waals surface area (Å²) in [7, 11) is -2.30. The molecule has 1 atom stereocenters. The monoisotopic (exact) mass is 447 g/mol. The lowest BCUT2D eigenvalue weighted by atomic mass is 10.2. The molecule has 2 aromatic carbocycles. The van der Waals surface area contributed by atoms with E-state index in [2.05, 4.69) is 19.6 Å². The fourth-order valence-corrected chi connectivity index (χ4v) is 4.48. The lowest BCUT2D eigenvalue weighted by Gasteiger charge is -2.18. The minimum atomic E-state index is -2.30. The Kier molecular flexibility index (Phi) is 5.44. The molecule has 3 aromatic rings. The number of halogens is 2. The first-order valence-electron chi connectivity index (χ1n) is 9.43. The largest absolute Gasteiger partial charge is 0.479 e. The highest BCUT2D eigenvalue weighted by atomic mass is 32.2. The van der Waals surface area contributed by atoms with Crippen LogP contribution in [0.15, 0.2) is 41.0 Å². The molecule has 1 aliphatic rings. The Balaban J connectivity index is 1.74. The number of rotatable bonds is 6. The number of nitrogens with zero attached hydrogens (tertiary/aromatic N) is 3. The quantitative estimate of drug-likeness (QED) is 0.598. The molecular weight excluding hydrogens is 428 g/mol. The highest BCUT2D eigenvalue weighted by Gasteiger charge is 2.21. The van der Waals surface area contributed by atoms with E-state index in [4.69, 9.17) is 10.5 Å². The lowest BCUT2D eigenvalue weighted by Crippen LogP contribution is -2.30. The van der Waals surface area contributed by atoms with Crippen LogP contribution in [0.25, 0.3) is 10.9 Å². The number of nitrogens with two attached hydrogens (primary N) is 1. The molecule has 3 N–H and O–H groups in total. The molecule has 8 nitrogen and oxygen atoms in total. The minimum absolute atomic E-state index is 0.00645. The van der Waals surface area contributed by atoms with E-state index in [-0.39, 0.29) is 33.8 Å². The number of carbonyl (C=O) groups excluding carboxylic acids is 1. The number of aromatic nitrogens is 2. The molecule has 1 amide bonds. The smallest absolute Gasteiger partial charge is 0.258 e. The second kappa shape index (κ2) is 8.06. The number of amides is 1. The molecule has 0 radical (unpaired) electrons. The Morgan fingerprint density at radius 1 is 1.26 bits per heavy atom. The van der Waals surface area contributed by atoms with Crippen LogP contribution in [0.3, 0.4) is 0 Å². The van der Waals surface area contributed by atoms with E-state index in [1.165, 1.54) is 37.5 Å². The van der Waals surface area contributed by atoms with Crippen LogP contribution in [-0.2, 0) is 14.5 Å². The summed E-state index contributed by atoms with van der Waals surface area (Å²) < 4.78 is 50.7. The molecule has 0 spiro atoms. The zero-order chi connectivity index (χ0) is 22.2. The first kappa shape index (κ1) is 20.9. The number of ether oxygens (including phenoxy) is 1. The highest BCUT2D eigenvalue weighted by molar-refractivity contribution is 7.95. The van der Waals surface area contributed by atoms with Crippen molar-refractivity contribution in [1.29, 1.82) is 0 Å². The molecule has 2 heterocycles. The van der Waals surface area contributed by atoms with Gasteiger partial charge >= 0.3 is 0 Å². The van der Waals surface area contributed by atoms with E-state index in [0.29, 0.717) is 11.5 Å². The van der Waals surface area contributed by atoms with Crippen LogP contribution in [-0.4, -0.2) is 37.7 Å². The minimum Gasteiger partial charge on any atom is -0.479 e. The Hall–Kier alpha value is -3.34. The first-order valence-corrected chi connectivity index (χ1v) is 11.3. The van der Waals surface area contributed by atoms with Gasteiger partial charge in [-0.2, -0.15) is 4.36 Å². The maximum atomic E-state index is 15.0. The Morgan fingerprint density at radius 2 is 2.03 bits per heavy atom. The van der Waals surface area contributed by atoms with Crippen molar-refractivity contribution in [2.24, 2.45) is 10.1 Å². The third-order valence-electron chi connectivity index (χ3n) is 4.77. The normalized spacial score (nSPS) is 15.7. The molecule has 0 bridgehead atoms. The van der Waals surface area contributed by atoms with Crippen molar-refractivity contribution in [3.8, 4) is 5.75 Å². The average molecular weight is 447 g/mol. The van der Waals surface area contributed by atoms with Crippen LogP contribution in [0.4, 0.5) is 26.0 Å². The van der Waals surface area contributed by atoms with Crippen molar-refractivity contribution >= 4 is 43.7 Å². The van der Waals surface area contributed by atoms with Gasteiger partial charge in [-0.3, -0.25) is 4.79 Å². The van der Waals surface area contributed by atoms with Gasteiger partial charge in [-0.15, -0.1) is 0 Å². The van der Waals surface area contributed by atoms with Crippen molar-refractivity contribution in [2.75, 3.05) is 16.8 Å². The fraction of sp³-hybridized carbons (Fsp3) is 0.250. The van der Waals surface area contributed by atoms with Crippen LogP contribution in [0.1, 0.15) is 13.3 Å². The van der Waals surface area contributed by atoms with Gasteiger partial charge in [0.25, 0.3) is 5.91 Å². The predicted molar refractivity (Wildman–Crippen MR) is 113 cm³/mol. The number of benzene rings is 2. The van der Waals surface area contributed by atoms with Gasteiger partial charge in [0.05, 0.1) is 32.0 Å². The van der Waals surface area contributed by atoms with Crippen molar-refractivity contribution in [3.63, 3.8) is 0 Å². The van der Waals surface area contributed by atoms with Gasteiger partial charge in [-0.05, 0) is 31.5 Å². The zero-order valence-corrected chi connectivity index (χ0v) is 17.3. The van der Waals surface area contributed by atoms with Crippen LogP contribution in [0, 0.1) is 11.6 Å². The number of nitrogens with one attached hydrogen (secondary N) is 1. The molecule has 162 valence electrons. The standard InChI is InChI=1S/C20H19F2N5O3S/c1-11(19(23)28)30-17-7-12(21)3-4-15(17)26-20-18-14(22)8-13(9-16(18)24-10-25-20)27-31(29)5-2-6-31/h3-4,7-11H,2,5-6H2,1H3,(H2,23,28)(H,24,25,26)/t11-/m1/s1. The lowest BCUT2D eigenvalue weighted by molar-refractivity contribution is -0.123. The van der Waals surface area contributed by atoms with Crippen molar-refractivity contribution in [2.45, 2.75) is 19.4 Å². The van der Waals surface area contributed by atoms with E-state index in [1.807, 2.05) is 0 Å². The van der Waals surface area contributed by atoms with Gasteiger partial charge in [0, 0.05) is 23.6 Å². The molecule has 4 rings (SSSR count). The van der Waals surface area contributed by atoms with Crippen LogP contribution < -0.4 is 15.8 Å². The van der Waals surface area contributed by atoms with Crippen LogP contribution in [0.2, 0.25) is 0 Å². The predicted octanol–water partition coefficient (Wildman–Crippen LogP) is 3.41. The summed E-state index contributed by atoms with van der Waals surface area (Å²) in [4.78, 5) is 19.5. The van der Waals surface area contributed by atoms with E-state index >= 15 is 0 Å². The first-order chi connectivity index (χ1) is 14.7. The van der Waals surface area contributed by atoms with Crippen LogP contribution >= 0.6 is 0 Å². The molecule has 1 saturated heterocycles. The number of carbonyl (C=O) groups is 1. The van der Waals surface area contributed by atoms with Crippen molar-refractivity contribution in [1.82, 2.24) is 9.97 Å².